The Morgan fingerprint density at radius 1 is 1.44 bits per heavy atom. The molecule has 0 radical (unpaired) electrons. The van der Waals surface area contributed by atoms with E-state index in [4.69, 9.17) is 5.26 Å². The third kappa shape index (κ3) is 2.60. The van der Waals surface area contributed by atoms with Crippen LogP contribution < -0.4 is 4.72 Å². The first kappa shape index (κ1) is 12.3. The van der Waals surface area contributed by atoms with Crippen molar-refractivity contribution in [3.63, 3.8) is 0 Å². The van der Waals surface area contributed by atoms with Crippen molar-refractivity contribution in [2.75, 3.05) is 4.72 Å². The van der Waals surface area contributed by atoms with E-state index < -0.39 is 15.5 Å². The van der Waals surface area contributed by atoms with E-state index in [0.29, 0.717) is 0 Å². The van der Waals surface area contributed by atoms with Crippen LogP contribution in [0.4, 0.5) is 18.9 Å². The van der Waals surface area contributed by atoms with E-state index in [1.165, 1.54) is 4.72 Å². The first-order chi connectivity index (χ1) is 7.26. The average Bonchev–Trinajstić information content (AvgIpc) is 2.15. The minimum atomic E-state index is -5.46. The summed E-state index contributed by atoms with van der Waals surface area (Å²) in [5.74, 6) is 0. The lowest BCUT2D eigenvalue weighted by molar-refractivity contribution is -0.0429. The zero-order valence-corrected chi connectivity index (χ0v) is 8.30. The largest absolute Gasteiger partial charge is 0.516 e. The second-order valence-corrected chi connectivity index (χ2v) is 4.27. The Morgan fingerprint density at radius 3 is 2.56 bits per heavy atom. The van der Waals surface area contributed by atoms with E-state index in [2.05, 4.69) is 4.98 Å². The van der Waals surface area contributed by atoms with Crippen LogP contribution in [0.15, 0.2) is 18.3 Å². The molecule has 0 aliphatic carbocycles. The van der Waals surface area contributed by atoms with Gasteiger partial charge in [0.05, 0.1) is 5.69 Å². The predicted octanol–water partition coefficient (Wildman–Crippen LogP) is 1.21. The number of nitrogens with one attached hydrogen (secondary N) is 1. The van der Waals surface area contributed by atoms with Crippen LogP contribution >= 0.6 is 0 Å². The highest BCUT2D eigenvalue weighted by atomic mass is 32.2. The molecule has 0 saturated carbocycles. The first-order valence-electron chi connectivity index (χ1n) is 3.71. The van der Waals surface area contributed by atoms with Crippen LogP contribution in [0, 0.1) is 11.3 Å². The normalized spacial score (nSPS) is 11.9. The van der Waals surface area contributed by atoms with Gasteiger partial charge in [-0.25, -0.2) is 4.98 Å². The molecule has 0 aliphatic rings. The molecule has 86 valence electrons. The number of hydrogen-bond acceptors (Lipinski definition) is 4. The second-order valence-electron chi connectivity index (χ2n) is 2.59. The zero-order valence-electron chi connectivity index (χ0n) is 7.49. The fourth-order valence-electron chi connectivity index (χ4n) is 0.768. The van der Waals surface area contributed by atoms with Crippen LogP contribution in [0.5, 0.6) is 0 Å². The number of sulfonamides is 1. The lowest BCUT2D eigenvalue weighted by Crippen LogP contribution is -2.29. The monoisotopic (exact) mass is 251 g/mol. The van der Waals surface area contributed by atoms with Crippen LogP contribution in [-0.4, -0.2) is 18.9 Å². The Balaban J connectivity index is 3.03. The van der Waals surface area contributed by atoms with Gasteiger partial charge in [0.25, 0.3) is 0 Å². The minimum absolute atomic E-state index is 0.192. The second kappa shape index (κ2) is 3.97. The number of hydrogen-bond donors (Lipinski definition) is 1. The van der Waals surface area contributed by atoms with Gasteiger partial charge in [-0.1, -0.05) is 0 Å². The van der Waals surface area contributed by atoms with E-state index in [9.17, 15) is 21.6 Å². The molecule has 0 saturated heterocycles. The van der Waals surface area contributed by atoms with Crippen LogP contribution in [0.3, 0.4) is 0 Å². The quantitative estimate of drug-likeness (QED) is 0.856. The molecule has 0 atom stereocenters. The van der Waals surface area contributed by atoms with Gasteiger partial charge in [-0.15, -0.1) is 0 Å². The standard InChI is InChI=1S/C7H4F3N3O2S/c8-7(9,10)16(14,15)13-5-1-2-12-6(3-5)4-11/h1-3H,(H,12,13). The number of halogens is 3. The number of rotatable bonds is 2. The van der Waals surface area contributed by atoms with Crippen molar-refractivity contribution < 1.29 is 21.6 Å². The summed E-state index contributed by atoms with van der Waals surface area (Å²) in [5.41, 5.74) is -5.96. The molecule has 0 spiro atoms. The molecule has 1 aromatic rings. The highest BCUT2D eigenvalue weighted by Crippen LogP contribution is 2.25. The maximum atomic E-state index is 12.0. The van der Waals surface area contributed by atoms with Gasteiger partial charge >= 0.3 is 15.5 Å². The number of anilines is 1. The summed E-state index contributed by atoms with van der Waals surface area (Å²) >= 11 is 0. The third-order valence-electron chi connectivity index (χ3n) is 1.43. The highest BCUT2D eigenvalue weighted by Gasteiger charge is 2.46. The Bertz CT molecular complexity index is 533. The summed E-state index contributed by atoms with van der Waals surface area (Å²) < 4.78 is 58.6. The molecule has 1 N–H and O–H groups in total. The molecule has 16 heavy (non-hydrogen) atoms. The van der Waals surface area contributed by atoms with Crippen molar-refractivity contribution in [1.82, 2.24) is 4.98 Å². The molecule has 0 unspecified atom stereocenters. The molecule has 5 nitrogen and oxygen atoms in total. The van der Waals surface area contributed by atoms with Gasteiger partial charge < -0.3 is 0 Å². The first-order valence-corrected chi connectivity index (χ1v) is 5.20. The predicted molar refractivity (Wildman–Crippen MR) is 47.5 cm³/mol. The molecule has 9 heteroatoms. The molecule has 1 heterocycles. The molecule has 0 aliphatic heterocycles. The fraction of sp³-hybridized carbons (Fsp3) is 0.143. The summed E-state index contributed by atoms with van der Waals surface area (Å²) in [4.78, 5) is 3.47. The van der Waals surface area contributed by atoms with Crippen molar-refractivity contribution in [1.29, 1.82) is 5.26 Å². The SMILES string of the molecule is N#Cc1cc(NS(=O)(=O)C(F)(F)F)ccn1. The summed E-state index contributed by atoms with van der Waals surface area (Å²) in [6.07, 6.45) is 1.02. The van der Waals surface area contributed by atoms with E-state index in [1.807, 2.05) is 0 Å². The van der Waals surface area contributed by atoms with Gasteiger partial charge in [-0.05, 0) is 12.1 Å². The maximum absolute atomic E-state index is 12.0. The van der Waals surface area contributed by atoms with Gasteiger partial charge in [0.15, 0.2) is 0 Å². The van der Waals surface area contributed by atoms with E-state index >= 15 is 0 Å². The summed E-state index contributed by atoms with van der Waals surface area (Å²) in [5, 5.41) is 8.41. The van der Waals surface area contributed by atoms with Crippen molar-refractivity contribution in [3.8, 4) is 6.07 Å². The Labute approximate surface area is 88.6 Å². The number of nitrogens with zero attached hydrogens (tertiary/aromatic N) is 2. The van der Waals surface area contributed by atoms with Gasteiger partial charge in [-0.3, -0.25) is 4.72 Å². The Morgan fingerprint density at radius 2 is 2.06 bits per heavy atom. The van der Waals surface area contributed by atoms with Crippen molar-refractivity contribution in [3.05, 3.63) is 24.0 Å². The summed E-state index contributed by atoms with van der Waals surface area (Å²) in [6.45, 7) is 0. The average molecular weight is 251 g/mol. The summed E-state index contributed by atoms with van der Waals surface area (Å²) in [7, 11) is -5.46. The lowest BCUT2D eigenvalue weighted by atomic mass is 10.3. The van der Waals surface area contributed by atoms with Crippen LogP contribution in [0.1, 0.15) is 5.69 Å². The molecule has 1 aromatic heterocycles. The molecular weight excluding hydrogens is 247 g/mol. The van der Waals surface area contributed by atoms with E-state index in [1.54, 1.807) is 6.07 Å². The number of aromatic nitrogens is 1. The molecule has 0 fully saturated rings. The molecule has 1 rings (SSSR count). The smallest absolute Gasteiger partial charge is 0.276 e. The number of pyridine rings is 1. The van der Waals surface area contributed by atoms with Gasteiger partial charge in [0, 0.05) is 6.20 Å². The van der Waals surface area contributed by atoms with Crippen molar-refractivity contribution in [2.24, 2.45) is 0 Å². The Hall–Kier alpha value is -1.82. The Kier molecular flexibility index (Phi) is 3.04. The molecule has 0 amide bonds. The van der Waals surface area contributed by atoms with Crippen LogP contribution in [-0.2, 0) is 10.0 Å². The number of nitriles is 1. The number of alkyl halides is 3. The topological polar surface area (TPSA) is 82.9 Å². The molecule has 0 aromatic carbocycles. The molecular formula is C7H4F3N3O2S. The lowest BCUT2D eigenvalue weighted by Gasteiger charge is -2.09. The van der Waals surface area contributed by atoms with E-state index in [0.717, 1.165) is 18.3 Å². The van der Waals surface area contributed by atoms with Gasteiger partial charge in [0.2, 0.25) is 0 Å². The third-order valence-corrected chi connectivity index (χ3v) is 2.55. The fourth-order valence-corrected chi connectivity index (χ4v) is 1.32. The van der Waals surface area contributed by atoms with Crippen LogP contribution in [0.25, 0.3) is 0 Å². The van der Waals surface area contributed by atoms with Crippen LogP contribution in [0.2, 0.25) is 0 Å². The maximum Gasteiger partial charge on any atom is 0.516 e. The van der Waals surface area contributed by atoms with E-state index in [-0.39, 0.29) is 11.4 Å². The molecule has 0 bridgehead atoms. The highest BCUT2D eigenvalue weighted by molar-refractivity contribution is 7.93. The van der Waals surface area contributed by atoms with Crippen molar-refractivity contribution >= 4 is 15.7 Å². The summed E-state index contributed by atoms with van der Waals surface area (Å²) in [6, 6.07) is 3.46. The minimum Gasteiger partial charge on any atom is -0.276 e. The van der Waals surface area contributed by atoms with Crippen molar-refractivity contribution in [2.45, 2.75) is 5.51 Å². The van der Waals surface area contributed by atoms with Gasteiger partial charge in [0.1, 0.15) is 11.8 Å². The zero-order chi connectivity index (χ0) is 12.4. The van der Waals surface area contributed by atoms with Gasteiger partial charge in [-0.2, -0.15) is 26.9 Å².